The highest BCUT2D eigenvalue weighted by Crippen LogP contribution is 2.34. The Labute approximate surface area is 154 Å². The number of fused-ring (bicyclic) bond motifs is 1. The summed E-state index contributed by atoms with van der Waals surface area (Å²) < 4.78 is 5.31. The molecule has 3 aromatic heterocycles. The van der Waals surface area contributed by atoms with Gasteiger partial charge in [-0.2, -0.15) is 0 Å². The fourth-order valence-electron chi connectivity index (χ4n) is 2.62. The molecule has 3 rings (SSSR count). The molecule has 0 aliphatic rings. The molecular weight excluding hydrogens is 356 g/mol. The summed E-state index contributed by atoms with van der Waals surface area (Å²) in [6.45, 7) is 1.98. The van der Waals surface area contributed by atoms with Crippen molar-refractivity contribution in [1.29, 1.82) is 0 Å². The molecule has 0 fully saturated rings. The topological polar surface area (TPSA) is 112 Å². The van der Waals surface area contributed by atoms with E-state index in [2.05, 4.69) is 15.3 Å². The van der Waals surface area contributed by atoms with Crippen molar-refractivity contribution >= 4 is 33.3 Å². The quantitative estimate of drug-likeness (QED) is 0.574. The van der Waals surface area contributed by atoms with Gasteiger partial charge in [0.25, 0.3) is 5.91 Å². The number of amides is 1. The van der Waals surface area contributed by atoms with Gasteiger partial charge in [-0.25, -0.2) is 9.97 Å². The highest BCUT2D eigenvalue weighted by molar-refractivity contribution is 7.20. The minimum atomic E-state index is -0.969. The van der Waals surface area contributed by atoms with Crippen molar-refractivity contribution < 1.29 is 19.4 Å². The summed E-state index contributed by atoms with van der Waals surface area (Å²) >= 11 is 1.28. The lowest BCUT2D eigenvalue weighted by atomic mass is 10.2. The van der Waals surface area contributed by atoms with E-state index in [4.69, 9.17) is 9.52 Å². The van der Waals surface area contributed by atoms with Crippen LogP contribution in [0.15, 0.2) is 29.1 Å². The van der Waals surface area contributed by atoms with Crippen molar-refractivity contribution in [3.63, 3.8) is 0 Å². The number of anilines is 1. The number of furan rings is 1. The van der Waals surface area contributed by atoms with Gasteiger partial charge in [0.2, 0.25) is 0 Å². The summed E-state index contributed by atoms with van der Waals surface area (Å²) in [4.78, 5) is 23.9. The molecule has 9 heteroatoms. The van der Waals surface area contributed by atoms with Crippen LogP contribution in [0.2, 0.25) is 0 Å². The van der Waals surface area contributed by atoms with Crippen LogP contribution in [0.4, 0.5) is 5.82 Å². The fourth-order valence-corrected chi connectivity index (χ4v) is 3.77. The number of carbonyl (C=O) groups is 1. The van der Waals surface area contributed by atoms with Crippen molar-refractivity contribution in [1.82, 2.24) is 14.9 Å². The second kappa shape index (κ2) is 7.81. The van der Waals surface area contributed by atoms with Crippen molar-refractivity contribution in [2.75, 3.05) is 25.5 Å². The first-order valence-corrected chi connectivity index (χ1v) is 8.87. The Balaban J connectivity index is 1.87. The monoisotopic (exact) mass is 376 g/mol. The zero-order valence-corrected chi connectivity index (χ0v) is 15.3. The highest BCUT2D eigenvalue weighted by atomic mass is 32.1. The SMILES string of the molecule is Cc1c(C(=O)N(C)CC(O)CO)sc2ncnc(NCc3ccco3)c12. The van der Waals surface area contributed by atoms with E-state index in [1.807, 2.05) is 19.1 Å². The van der Waals surface area contributed by atoms with Crippen LogP contribution in [0.3, 0.4) is 0 Å². The van der Waals surface area contributed by atoms with E-state index in [0.29, 0.717) is 22.1 Å². The van der Waals surface area contributed by atoms with Gasteiger partial charge in [0.1, 0.15) is 22.7 Å². The minimum absolute atomic E-state index is 0.0539. The summed E-state index contributed by atoms with van der Waals surface area (Å²) in [6, 6.07) is 3.68. The van der Waals surface area contributed by atoms with Gasteiger partial charge in [-0.3, -0.25) is 4.79 Å². The molecule has 0 aromatic carbocycles. The normalized spacial score (nSPS) is 12.3. The molecule has 1 amide bonds. The molecule has 138 valence electrons. The van der Waals surface area contributed by atoms with Crippen LogP contribution in [-0.2, 0) is 6.54 Å². The predicted octanol–water partition coefficient (Wildman–Crippen LogP) is 1.63. The number of aliphatic hydroxyl groups is 2. The molecule has 0 saturated heterocycles. The number of aromatic nitrogens is 2. The molecule has 3 N–H and O–H groups in total. The number of aryl methyl sites for hydroxylation is 1. The van der Waals surface area contributed by atoms with Gasteiger partial charge in [-0.05, 0) is 24.6 Å². The third kappa shape index (κ3) is 3.69. The number of likely N-dealkylation sites (N-methyl/N-ethyl adjacent to an activating group) is 1. The summed E-state index contributed by atoms with van der Waals surface area (Å²) in [5.74, 6) is 1.19. The van der Waals surface area contributed by atoms with Gasteiger partial charge in [-0.1, -0.05) is 0 Å². The molecule has 3 heterocycles. The van der Waals surface area contributed by atoms with Crippen LogP contribution in [0.5, 0.6) is 0 Å². The van der Waals surface area contributed by atoms with Gasteiger partial charge in [0, 0.05) is 13.6 Å². The molecule has 26 heavy (non-hydrogen) atoms. The first kappa shape index (κ1) is 18.3. The Morgan fingerprint density at radius 2 is 2.27 bits per heavy atom. The molecule has 1 unspecified atom stereocenters. The largest absolute Gasteiger partial charge is 0.467 e. The van der Waals surface area contributed by atoms with Crippen molar-refractivity contribution in [3.8, 4) is 0 Å². The second-order valence-corrected chi connectivity index (χ2v) is 6.91. The van der Waals surface area contributed by atoms with E-state index < -0.39 is 12.7 Å². The van der Waals surface area contributed by atoms with Gasteiger partial charge < -0.3 is 24.8 Å². The van der Waals surface area contributed by atoms with Crippen molar-refractivity contribution in [2.24, 2.45) is 0 Å². The van der Waals surface area contributed by atoms with Crippen LogP contribution in [-0.4, -0.2) is 57.3 Å². The molecule has 0 radical (unpaired) electrons. The maximum atomic E-state index is 12.7. The van der Waals surface area contributed by atoms with Gasteiger partial charge in [0.05, 0.1) is 35.8 Å². The van der Waals surface area contributed by atoms with Crippen LogP contribution >= 0.6 is 11.3 Å². The lowest BCUT2D eigenvalue weighted by Crippen LogP contribution is -2.35. The predicted molar refractivity (Wildman–Crippen MR) is 98.2 cm³/mol. The molecule has 0 aliphatic carbocycles. The standard InChI is InChI=1S/C17H20N4O4S/c1-10-13-15(18-6-12-4-3-5-25-12)19-9-20-16(13)26-14(10)17(24)21(2)7-11(23)8-22/h3-5,9,11,22-23H,6-8H2,1-2H3,(H,18,19,20). The van der Waals surface area contributed by atoms with Crippen molar-refractivity contribution in [2.45, 2.75) is 19.6 Å². The average molecular weight is 376 g/mol. The second-order valence-electron chi connectivity index (χ2n) is 5.91. The number of nitrogens with zero attached hydrogens (tertiary/aromatic N) is 3. The lowest BCUT2D eigenvalue weighted by molar-refractivity contribution is 0.0523. The number of carbonyl (C=O) groups excluding carboxylic acids is 1. The highest BCUT2D eigenvalue weighted by Gasteiger charge is 2.23. The van der Waals surface area contributed by atoms with E-state index >= 15 is 0 Å². The van der Waals surface area contributed by atoms with E-state index in [0.717, 1.165) is 16.7 Å². The Hall–Kier alpha value is -2.49. The van der Waals surface area contributed by atoms with E-state index in [1.165, 1.54) is 22.6 Å². The smallest absolute Gasteiger partial charge is 0.264 e. The Morgan fingerprint density at radius 1 is 1.46 bits per heavy atom. The lowest BCUT2D eigenvalue weighted by Gasteiger charge is -2.19. The fraction of sp³-hybridized carbons (Fsp3) is 0.353. The number of rotatable bonds is 7. The zero-order valence-electron chi connectivity index (χ0n) is 14.5. The third-order valence-electron chi connectivity index (χ3n) is 3.97. The summed E-state index contributed by atoms with van der Waals surface area (Å²) in [5, 5.41) is 22.5. The van der Waals surface area contributed by atoms with Gasteiger partial charge in [-0.15, -0.1) is 11.3 Å². The molecular formula is C17H20N4O4S. The van der Waals surface area contributed by atoms with E-state index in [9.17, 15) is 9.90 Å². The third-order valence-corrected chi connectivity index (χ3v) is 5.16. The first-order valence-electron chi connectivity index (χ1n) is 8.06. The number of thiophene rings is 1. The van der Waals surface area contributed by atoms with E-state index in [-0.39, 0.29) is 12.5 Å². The van der Waals surface area contributed by atoms with Gasteiger partial charge in [0.15, 0.2) is 0 Å². The molecule has 1 atom stereocenters. The van der Waals surface area contributed by atoms with Crippen LogP contribution in [0.25, 0.3) is 10.2 Å². The summed E-state index contributed by atoms with van der Waals surface area (Å²) in [5.41, 5.74) is 0.780. The Morgan fingerprint density at radius 3 is 2.96 bits per heavy atom. The van der Waals surface area contributed by atoms with E-state index in [1.54, 1.807) is 13.3 Å². The maximum Gasteiger partial charge on any atom is 0.264 e. The Kier molecular flexibility index (Phi) is 5.50. The molecule has 8 nitrogen and oxygen atoms in total. The number of nitrogens with one attached hydrogen (secondary N) is 1. The average Bonchev–Trinajstić information content (AvgIpc) is 3.27. The number of aliphatic hydroxyl groups excluding tert-OH is 2. The summed E-state index contributed by atoms with van der Waals surface area (Å²) in [7, 11) is 1.59. The summed E-state index contributed by atoms with van der Waals surface area (Å²) in [6.07, 6.45) is 2.09. The first-order chi connectivity index (χ1) is 12.5. The minimum Gasteiger partial charge on any atom is -0.467 e. The molecule has 3 aromatic rings. The van der Waals surface area contributed by atoms with Crippen LogP contribution < -0.4 is 5.32 Å². The van der Waals surface area contributed by atoms with Gasteiger partial charge >= 0.3 is 0 Å². The molecule has 0 aliphatic heterocycles. The van der Waals surface area contributed by atoms with Crippen LogP contribution in [0.1, 0.15) is 21.0 Å². The Bertz CT molecular complexity index is 894. The molecule has 0 saturated carbocycles. The van der Waals surface area contributed by atoms with Crippen molar-refractivity contribution in [3.05, 3.63) is 40.9 Å². The maximum absolute atomic E-state index is 12.7. The number of hydrogen-bond donors (Lipinski definition) is 3. The molecule has 0 spiro atoms. The van der Waals surface area contributed by atoms with Crippen LogP contribution in [0, 0.1) is 6.92 Å². The number of hydrogen-bond acceptors (Lipinski definition) is 8. The zero-order chi connectivity index (χ0) is 18.7. The molecule has 0 bridgehead atoms.